The van der Waals surface area contributed by atoms with Gasteiger partial charge in [-0.2, -0.15) is 0 Å². The number of nitrogens with zero attached hydrogens (tertiary/aromatic N) is 1. The fourth-order valence-corrected chi connectivity index (χ4v) is 2.91. The Balaban J connectivity index is 1.70. The van der Waals surface area contributed by atoms with Crippen molar-refractivity contribution in [3.05, 3.63) is 29.3 Å². The molecule has 0 saturated carbocycles. The third-order valence-corrected chi connectivity index (χ3v) is 3.98. The van der Waals surface area contributed by atoms with Crippen molar-refractivity contribution in [1.29, 1.82) is 0 Å². The van der Waals surface area contributed by atoms with Crippen LogP contribution in [0.2, 0.25) is 0 Å². The van der Waals surface area contributed by atoms with Gasteiger partial charge in [-0.15, -0.1) is 0 Å². The van der Waals surface area contributed by atoms with Gasteiger partial charge in [-0.1, -0.05) is 0 Å². The zero-order valence-electron chi connectivity index (χ0n) is 11.6. The third-order valence-electron chi connectivity index (χ3n) is 3.98. The van der Waals surface area contributed by atoms with E-state index in [-0.39, 0.29) is 11.8 Å². The Labute approximate surface area is 118 Å². The fraction of sp³-hybridized carbons (Fsp3) is 0.467. The number of carbonyl (C=O) groups is 2. The summed E-state index contributed by atoms with van der Waals surface area (Å²) < 4.78 is 0. The lowest BCUT2D eigenvalue weighted by Gasteiger charge is -2.21. The maximum Gasteiger partial charge on any atom is 0.253 e. The van der Waals surface area contributed by atoms with Crippen LogP contribution in [0.4, 0.5) is 5.69 Å². The van der Waals surface area contributed by atoms with E-state index >= 15 is 0 Å². The van der Waals surface area contributed by atoms with Crippen molar-refractivity contribution in [2.24, 2.45) is 0 Å². The predicted octanol–water partition coefficient (Wildman–Crippen LogP) is 1.01. The molecule has 5 nitrogen and oxygen atoms in total. The quantitative estimate of drug-likeness (QED) is 0.864. The Bertz CT molecular complexity index is 550. The van der Waals surface area contributed by atoms with E-state index in [9.17, 15) is 9.59 Å². The highest BCUT2D eigenvalue weighted by molar-refractivity contribution is 6.01. The largest absolute Gasteiger partial charge is 0.340 e. The highest BCUT2D eigenvalue weighted by atomic mass is 16.2. The van der Waals surface area contributed by atoms with Gasteiger partial charge < -0.3 is 15.5 Å². The maximum absolute atomic E-state index is 12.4. The highest BCUT2D eigenvalue weighted by Gasteiger charge is 2.22. The average Bonchev–Trinajstić information content (AvgIpc) is 3.04. The van der Waals surface area contributed by atoms with Crippen molar-refractivity contribution in [1.82, 2.24) is 10.2 Å². The molecule has 106 valence electrons. The molecular weight excluding hydrogens is 254 g/mol. The molecule has 0 bridgehead atoms. The molecule has 2 N–H and O–H groups in total. The molecule has 0 aromatic heterocycles. The molecule has 2 amide bonds. The summed E-state index contributed by atoms with van der Waals surface area (Å²) >= 11 is 0. The van der Waals surface area contributed by atoms with Gasteiger partial charge in [-0.25, -0.2) is 0 Å². The second-order valence-corrected chi connectivity index (χ2v) is 5.58. The van der Waals surface area contributed by atoms with Crippen molar-refractivity contribution in [2.45, 2.75) is 25.3 Å². The smallest absolute Gasteiger partial charge is 0.253 e. The Kier molecular flexibility index (Phi) is 3.44. The molecule has 1 aromatic carbocycles. The summed E-state index contributed by atoms with van der Waals surface area (Å²) in [5, 5.41) is 6.17. The lowest BCUT2D eigenvalue weighted by molar-refractivity contribution is -0.115. The van der Waals surface area contributed by atoms with Gasteiger partial charge in [0.05, 0.1) is 6.42 Å². The van der Waals surface area contributed by atoms with Crippen LogP contribution in [0.1, 0.15) is 28.8 Å². The number of anilines is 1. The van der Waals surface area contributed by atoms with E-state index < -0.39 is 0 Å². The van der Waals surface area contributed by atoms with Crippen LogP contribution < -0.4 is 10.6 Å². The van der Waals surface area contributed by atoms with Crippen molar-refractivity contribution in [3.63, 3.8) is 0 Å². The van der Waals surface area contributed by atoms with E-state index in [1.54, 1.807) is 11.0 Å². The standard InChI is InChI=1S/C15H19N3O2/c1-18(9-12-3-2-6-16-12)15(20)10-4-5-13-11(7-10)8-14(19)17-13/h4-5,7,12,16H,2-3,6,8-9H2,1H3,(H,17,19). The molecule has 2 aliphatic heterocycles. The molecule has 20 heavy (non-hydrogen) atoms. The van der Waals surface area contributed by atoms with Crippen molar-refractivity contribution >= 4 is 17.5 Å². The minimum atomic E-state index is -0.00638. The zero-order valence-corrected chi connectivity index (χ0v) is 11.6. The van der Waals surface area contributed by atoms with Gasteiger partial charge in [0.1, 0.15) is 0 Å². The number of rotatable bonds is 3. The monoisotopic (exact) mass is 273 g/mol. The summed E-state index contributed by atoms with van der Waals surface area (Å²) in [7, 11) is 1.83. The summed E-state index contributed by atoms with van der Waals surface area (Å²) in [6.45, 7) is 1.77. The van der Waals surface area contributed by atoms with E-state index in [1.165, 1.54) is 6.42 Å². The van der Waals surface area contributed by atoms with Crippen molar-refractivity contribution < 1.29 is 9.59 Å². The van der Waals surface area contributed by atoms with Gasteiger partial charge in [0.15, 0.2) is 0 Å². The summed E-state index contributed by atoms with van der Waals surface area (Å²) in [6, 6.07) is 5.83. The van der Waals surface area contributed by atoms with Gasteiger partial charge in [-0.3, -0.25) is 9.59 Å². The molecule has 0 spiro atoms. The Morgan fingerprint density at radius 2 is 2.30 bits per heavy atom. The number of benzene rings is 1. The van der Waals surface area contributed by atoms with Crippen LogP contribution in [0.3, 0.4) is 0 Å². The topological polar surface area (TPSA) is 61.4 Å². The van der Waals surface area contributed by atoms with Crippen molar-refractivity contribution in [3.8, 4) is 0 Å². The second kappa shape index (κ2) is 5.25. The molecule has 0 aliphatic carbocycles. The van der Waals surface area contributed by atoms with Gasteiger partial charge in [-0.05, 0) is 43.1 Å². The second-order valence-electron chi connectivity index (χ2n) is 5.58. The van der Waals surface area contributed by atoms with Crippen LogP contribution in [-0.4, -0.2) is 42.9 Å². The molecule has 0 radical (unpaired) electrons. The first-order chi connectivity index (χ1) is 9.63. The lowest BCUT2D eigenvalue weighted by Crippen LogP contribution is -2.38. The highest BCUT2D eigenvalue weighted by Crippen LogP contribution is 2.24. The summed E-state index contributed by atoms with van der Waals surface area (Å²) in [5.41, 5.74) is 2.39. The minimum absolute atomic E-state index is 0.00638. The molecule has 2 aliphatic rings. The molecule has 2 heterocycles. The number of hydrogen-bond donors (Lipinski definition) is 2. The number of hydrogen-bond acceptors (Lipinski definition) is 3. The van der Waals surface area contributed by atoms with Crippen LogP contribution >= 0.6 is 0 Å². The normalized spacial score (nSPS) is 20.6. The fourth-order valence-electron chi connectivity index (χ4n) is 2.91. The lowest BCUT2D eigenvalue weighted by atomic mass is 10.1. The molecule has 1 saturated heterocycles. The van der Waals surface area contributed by atoms with Gasteiger partial charge in [0.2, 0.25) is 5.91 Å². The van der Waals surface area contributed by atoms with Gasteiger partial charge in [0.25, 0.3) is 5.91 Å². The first-order valence-electron chi connectivity index (χ1n) is 7.05. The molecule has 1 unspecified atom stereocenters. The molecular formula is C15H19N3O2. The summed E-state index contributed by atoms with van der Waals surface area (Å²) in [4.78, 5) is 25.5. The Hall–Kier alpha value is -1.88. The van der Waals surface area contributed by atoms with E-state index in [4.69, 9.17) is 0 Å². The molecule has 1 aromatic rings. The van der Waals surface area contributed by atoms with E-state index in [1.807, 2.05) is 19.2 Å². The first-order valence-corrected chi connectivity index (χ1v) is 7.05. The van der Waals surface area contributed by atoms with Crippen molar-refractivity contribution in [2.75, 3.05) is 25.5 Å². The van der Waals surface area contributed by atoms with Crippen LogP contribution in [0.15, 0.2) is 18.2 Å². The van der Waals surface area contributed by atoms with Crippen LogP contribution in [0.5, 0.6) is 0 Å². The van der Waals surface area contributed by atoms with Crippen LogP contribution in [-0.2, 0) is 11.2 Å². The molecule has 3 rings (SSSR count). The van der Waals surface area contributed by atoms with Crippen LogP contribution in [0.25, 0.3) is 0 Å². The Morgan fingerprint density at radius 1 is 1.45 bits per heavy atom. The van der Waals surface area contributed by atoms with Crippen LogP contribution in [0, 0.1) is 0 Å². The van der Waals surface area contributed by atoms with E-state index in [0.717, 1.165) is 30.8 Å². The van der Waals surface area contributed by atoms with Gasteiger partial charge in [0, 0.05) is 30.9 Å². The van der Waals surface area contributed by atoms with E-state index in [2.05, 4.69) is 10.6 Å². The Morgan fingerprint density at radius 3 is 3.05 bits per heavy atom. The number of fused-ring (bicyclic) bond motifs is 1. The average molecular weight is 273 g/mol. The summed E-state index contributed by atoms with van der Waals surface area (Å²) in [5.74, 6) is 0.00829. The molecule has 1 atom stereocenters. The zero-order chi connectivity index (χ0) is 14.1. The third kappa shape index (κ3) is 2.54. The number of likely N-dealkylation sites (N-methyl/N-ethyl adjacent to an activating group) is 1. The maximum atomic E-state index is 12.4. The number of nitrogens with one attached hydrogen (secondary N) is 2. The van der Waals surface area contributed by atoms with Gasteiger partial charge >= 0.3 is 0 Å². The predicted molar refractivity (Wildman–Crippen MR) is 76.8 cm³/mol. The van der Waals surface area contributed by atoms with E-state index in [0.29, 0.717) is 18.0 Å². The SMILES string of the molecule is CN(CC1CCCN1)C(=O)c1ccc2c(c1)CC(=O)N2. The summed E-state index contributed by atoms with van der Waals surface area (Å²) in [6.07, 6.45) is 2.67. The first kappa shape index (κ1) is 13.1. The molecule has 1 fully saturated rings. The number of amides is 2. The minimum Gasteiger partial charge on any atom is -0.340 e. The number of carbonyl (C=O) groups excluding carboxylic acids is 2. The molecule has 5 heteroatoms.